The van der Waals surface area contributed by atoms with E-state index in [9.17, 15) is 27.9 Å². The predicted octanol–water partition coefficient (Wildman–Crippen LogP) is -3.14. The van der Waals surface area contributed by atoms with Crippen molar-refractivity contribution in [1.29, 1.82) is 0 Å². The maximum absolute atomic E-state index is 12.3. The highest BCUT2D eigenvalue weighted by molar-refractivity contribution is 7.80. The maximum Gasteiger partial charge on any atom is 0.418 e. The van der Waals surface area contributed by atoms with Gasteiger partial charge in [0.1, 0.15) is 6.04 Å². The Hall–Kier alpha value is -2.00. The molecule has 3 rings (SSSR count). The van der Waals surface area contributed by atoms with Crippen molar-refractivity contribution in [2.24, 2.45) is 0 Å². The van der Waals surface area contributed by atoms with Crippen molar-refractivity contribution >= 4 is 28.2 Å². The smallest absolute Gasteiger partial charge is 0.392 e. The van der Waals surface area contributed by atoms with Gasteiger partial charge in [0, 0.05) is 13.1 Å². The minimum absolute atomic E-state index is 0.0523. The Kier molecular flexibility index (Phi) is 5.03. The summed E-state index contributed by atoms with van der Waals surface area (Å²) in [5, 5.41) is 12.7. The normalized spacial score (nSPS) is 31.2. The molecule has 3 heterocycles. The molecule has 3 aliphatic heterocycles. The molecular weight excluding hydrogens is 374 g/mol. The Bertz CT molecular complexity index is 714. The number of fused-ring (bicyclic) bond motifs is 2. The number of nitrogens with one attached hydrogen (secondary N) is 3. The highest BCUT2D eigenvalue weighted by Gasteiger charge is 2.49. The first kappa shape index (κ1) is 18.8. The molecule has 2 bridgehead atoms. The Morgan fingerprint density at radius 3 is 2.54 bits per heavy atom. The van der Waals surface area contributed by atoms with Gasteiger partial charge in [0.15, 0.2) is 0 Å². The van der Waals surface area contributed by atoms with Crippen LogP contribution in [0.2, 0.25) is 0 Å². The summed E-state index contributed by atoms with van der Waals surface area (Å²) in [6.45, 7) is 0.332. The molecule has 1 unspecified atom stereocenters. The molecule has 4 atom stereocenters. The molecule has 0 aromatic carbocycles. The summed E-state index contributed by atoms with van der Waals surface area (Å²) in [6, 6.07) is -3.02. The van der Waals surface area contributed by atoms with Gasteiger partial charge in [-0.25, -0.2) is 4.79 Å². The molecule has 5 N–H and O–H groups in total. The van der Waals surface area contributed by atoms with Crippen molar-refractivity contribution in [2.45, 2.75) is 43.5 Å². The number of hydrogen-bond donors (Lipinski definition) is 5. The van der Waals surface area contributed by atoms with Crippen LogP contribution in [0.15, 0.2) is 0 Å². The molecule has 3 aliphatic rings. The van der Waals surface area contributed by atoms with Crippen LogP contribution in [0.25, 0.3) is 0 Å². The van der Waals surface area contributed by atoms with Crippen molar-refractivity contribution in [3.8, 4) is 0 Å². The van der Waals surface area contributed by atoms with Gasteiger partial charge >= 0.3 is 16.4 Å². The summed E-state index contributed by atoms with van der Waals surface area (Å²) in [6.07, 6.45) is 0.0938. The lowest BCUT2D eigenvalue weighted by Crippen LogP contribution is -2.56. The molecule has 3 fully saturated rings. The summed E-state index contributed by atoms with van der Waals surface area (Å²) >= 11 is 0. The van der Waals surface area contributed by atoms with Crippen LogP contribution in [-0.4, -0.2) is 83.2 Å². The van der Waals surface area contributed by atoms with Crippen LogP contribution >= 0.6 is 0 Å². The fourth-order valence-electron chi connectivity index (χ4n) is 3.31. The molecule has 0 spiro atoms. The zero-order valence-corrected chi connectivity index (χ0v) is 14.3. The number of rotatable bonds is 4. The minimum atomic E-state index is -4.86. The van der Waals surface area contributed by atoms with Gasteiger partial charge in [-0.15, -0.1) is 4.28 Å². The third-order valence-electron chi connectivity index (χ3n) is 4.53. The molecule has 0 aliphatic carbocycles. The number of β-amino-alcohol motifs (C(OH)–C–C–N with tert-alkyl or cyclic N) is 1. The maximum atomic E-state index is 12.3. The highest BCUT2D eigenvalue weighted by Crippen LogP contribution is 2.30. The first-order valence-corrected chi connectivity index (χ1v) is 9.30. The number of aliphatic hydroxyl groups excluding tert-OH is 1. The van der Waals surface area contributed by atoms with Gasteiger partial charge in [0.05, 0.1) is 18.2 Å². The highest BCUT2D eigenvalue weighted by atomic mass is 32.3. The van der Waals surface area contributed by atoms with Gasteiger partial charge in [0.2, 0.25) is 0 Å². The van der Waals surface area contributed by atoms with Crippen molar-refractivity contribution < 1.29 is 36.7 Å². The van der Waals surface area contributed by atoms with Gasteiger partial charge < -0.3 is 15.3 Å². The van der Waals surface area contributed by atoms with Crippen LogP contribution in [0.1, 0.15) is 19.3 Å². The number of nitrogens with zero attached hydrogens (tertiary/aromatic N) is 2. The molecule has 0 saturated carbocycles. The molecule has 4 amide bonds. The summed E-state index contributed by atoms with van der Waals surface area (Å²) in [7, 11) is -4.86. The van der Waals surface area contributed by atoms with Crippen LogP contribution in [0, 0.1) is 0 Å². The van der Waals surface area contributed by atoms with E-state index >= 15 is 0 Å². The molecule has 13 nitrogen and oxygen atoms in total. The van der Waals surface area contributed by atoms with Crippen LogP contribution in [0.4, 0.5) is 4.79 Å². The Labute approximate surface area is 148 Å². The fraction of sp³-hybridized carbons (Fsp3) is 0.750. The number of urea groups is 1. The third-order valence-corrected chi connectivity index (χ3v) is 4.88. The fourth-order valence-corrected chi connectivity index (χ4v) is 3.70. The lowest BCUT2D eigenvalue weighted by atomic mass is 10.0. The van der Waals surface area contributed by atoms with Crippen molar-refractivity contribution in [2.75, 3.05) is 13.1 Å². The van der Waals surface area contributed by atoms with Gasteiger partial charge in [-0.05, 0) is 19.3 Å². The third kappa shape index (κ3) is 3.88. The molecule has 14 heteroatoms. The topological polar surface area (TPSA) is 178 Å². The Balaban J connectivity index is 1.56. The molecule has 0 aromatic rings. The molecule has 146 valence electrons. The number of amides is 4. The van der Waals surface area contributed by atoms with Crippen LogP contribution in [0.3, 0.4) is 0 Å². The number of piperidine rings is 1. The van der Waals surface area contributed by atoms with E-state index < -0.39 is 52.5 Å². The molecule has 0 aromatic heterocycles. The van der Waals surface area contributed by atoms with E-state index in [1.807, 2.05) is 0 Å². The first-order chi connectivity index (χ1) is 12.2. The average Bonchev–Trinajstić information content (AvgIpc) is 3.09. The largest absolute Gasteiger partial charge is 0.418 e. The SMILES string of the molecule is O=C(NNC(=O)[C@@H]1C[C@@H](O)CN1)C1CC[C@@H]2CN1C(=O)N2OS(=O)(=O)O. The van der Waals surface area contributed by atoms with Crippen molar-refractivity contribution in [1.82, 2.24) is 26.1 Å². The lowest BCUT2D eigenvalue weighted by molar-refractivity contribution is -0.132. The first-order valence-electron chi connectivity index (χ1n) is 7.93. The van der Waals surface area contributed by atoms with E-state index in [4.69, 9.17) is 4.55 Å². The molecule has 26 heavy (non-hydrogen) atoms. The number of aliphatic hydroxyl groups is 1. The monoisotopic (exact) mass is 393 g/mol. The van der Waals surface area contributed by atoms with Crippen molar-refractivity contribution in [3.63, 3.8) is 0 Å². The summed E-state index contributed by atoms with van der Waals surface area (Å²) in [5.41, 5.74) is 4.46. The average molecular weight is 393 g/mol. The Morgan fingerprint density at radius 1 is 1.23 bits per heavy atom. The summed E-state index contributed by atoms with van der Waals surface area (Å²) in [5.74, 6) is -1.16. The summed E-state index contributed by atoms with van der Waals surface area (Å²) in [4.78, 5) is 37.5. The van der Waals surface area contributed by atoms with E-state index in [0.717, 1.165) is 4.90 Å². The number of hydrogen-bond acceptors (Lipinski definition) is 8. The van der Waals surface area contributed by atoms with Crippen LogP contribution < -0.4 is 16.2 Å². The second-order valence-corrected chi connectivity index (χ2v) is 7.34. The van der Waals surface area contributed by atoms with E-state index in [0.29, 0.717) is 5.06 Å². The number of carbonyl (C=O) groups excluding carboxylic acids is 3. The number of carbonyl (C=O) groups is 3. The Morgan fingerprint density at radius 2 is 1.92 bits per heavy atom. The zero-order chi connectivity index (χ0) is 19.1. The second-order valence-electron chi connectivity index (χ2n) is 6.34. The van der Waals surface area contributed by atoms with E-state index in [-0.39, 0.29) is 32.4 Å². The lowest BCUT2D eigenvalue weighted by Gasteiger charge is -2.29. The standard InChI is InChI=1S/C12H19N5O8S/c18-7-3-8(13-4-7)10(19)14-15-11(20)9-2-1-6-5-16(9)12(21)17(6)25-26(22,23)24/h6-9,13,18H,1-5H2,(H,14,19)(H,15,20)(H,22,23,24)/t6-,7-,8+,9?/m1/s1. The quantitative estimate of drug-likeness (QED) is 0.244. The van der Waals surface area contributed by atoms with Crippen LogP contribution in [0.5, 0.6) is 0 Å². The van der Waals surface area contributed by atoms with Gasteiger partial charge in [-0.2, -0.15) is 13.5 Å². The number of hydrazine groups is 1. The molecular formula is C12H19N5O8S. The van der Waals surface area contributed by atoms with E-state index in [1.54, 1.807) is 0 Å². The predicted molar refractivity (Wildman–Crippen MR) is 82.1 cm³/mol. The van der Waals surface area contributed by atoms with Gasteiger partial charge in [-0.1, -0.05) is 0 Å². The minimum Gasteiger partial charge on any atom is -0.392 e. The van der Waals surface area contributed by atoms with Crippen LogP contribution in [-0.2, 0) is 24.3 Å². The van der Waals surface area contributed by atoms with E-state index in [2.05, 4.69) is 20.5 Å². The molecule has 3 saturated heterocycles. The van der Waals surface area contributed by atoms with Gasteiger partial charge in [0.25, 0.3) is 11.8 Å². The van der Waals surface area contributed by atoms with Crippen molar-refractivity contribution in [3.05, 3.63) is 0 Å². The zero-order valence-electron chi connectivity index (χ0n) is 13.5. The summed E-state index contributed by atoms with van der Waals surface area (Å²) < 4.78 is 34.7. The second kappa shape index (κ2) is 6.96. The van der Waals surface area contributed by atoms with Gasteiger partial charge in [-0.3, -0.25) is 25.0 Å². The number of hydroxylamine groups is 2. The molecule has 0 radical (unpaired) electrons. The van der Waals surface area contributed by atoms with E-state index in [1.165, 1.54) is 0 Å².